The number of amides is 1. The number of aromatic nitrogens is 4. The van der Waals surface area contributed by atoms with Crippen LogP contribution in [0.2, 0.25) is 0 Å². The molecule has 1 aliphatic rings. The lowest BCUT2D eigenvalue weighted by Crippen LogP contribution is -2.41. The highest BCUT2D eigenvalue weighted by Crippen LogP contribution is 2.23. The average Bonchev–Trinajstić information content (AvgIpc) is 2.98. The number of tetrazole rings is 1. The molecule has 0 N–H and O–H groups in total. The summed E-state index contributed by atoms with van der Waals surface area (Å²) >= 11 is 1.87. The van der Waals surface area contributed by atoms with Gasteiger partial charge in [0, 0.05) is 38.2 Å². The summed E-state index contributed by atoms with van der Waals surface area (Å²) in [5.74, 6) is 3.71. The van der Waals surface area contributed by atoms with Gasteiger partial charge in [-0.15, -0.1) is 5.10 Å². The second-order valence-electron chi connectivity index (χ2n) is 6.82. The van der Waals surface area contributed by atoms with Crippen LogP contribution >= 0.6 is 11.8 Å². The molecule has 1 aromatic rings. The van der Waals surface area contributed by atoms with Gasteiger partial charge in [-0.3, -0.25) is 4.79 Å². The molecule has 1 fully saturated rings. The Hall–Kier alpha value is -1.11. The maximum atomic E-state index is 12.5. The van der Waals surface area contributed by atoms with Crippen LogP contribution in [0.4, 0.5) is 0 Å². The number of thioether (sulfide) groups is 1. The molecule has 1 heterocycles. The van der Waals surface area contributed by atoms with Crippen LogP contribution in [0.15, 0.2) is 0 Å². The first kappa shape index (κ1) is 19.2. The first-order valence-corrected chi connectivity index (χ1v) is 10.4. The van der Waals surface area contributed by atoms with Crippen molar-refractivity contribution < 1.29 is 4.79 Å². The van der Waals surface area contributed by atoms with E-state index >= 15 is 0 Å². The first-order chi connectivity index (χ1) is 11.6. The van der Waals surface area contributed by atoms with Gasteiger partial charge in [0.15, 0.2) is 5.82 Å². The standard InChI is InChI=1S/C17H31N5OS/c1-4-22(15-8-6-5-7-9-15)17(23)10-11-24-13-14(2)12-16-18-19-20-21(16)3/h14-15H,4-13H2,1-3H3. The fourth-order valence-electron chi connectivity index (χ4n) is 3.41. The van der Waals surface area contributed by atoms with Crippen molar-refractivity contribution in [1.82, 2.24) is 25.1 Å². The lowest BCUT2D eigenvalue weighted by Gasteiger charge is -2.33. The molecule has 0 aliphatic heterocycles. The summed E-state index contributed by atoms with van der Waals surface area (Å²) in [5, 5.41) is 11.6. The molecule has 1 unspecified atom stereocenters. The van der Waals surface area contributed by atoms with Gasteiger partial charge in [-0.2, -0.15) is 11.8 Å². The summed E-state index contributed by atoms with van der Waals surface area (Å²) in [6.07, 6.45) is 7.80. The van der Waals surface area contributed by atoms with Crippen molar-refractivity contribution in [3.8, 4) is 0 Å². The molecule has 0 aromatic carbocycles. The molecule has 136 valence electrons. The summed E-state index contributed by atoms with van der Waals surface area (Å²) in [6.45, 7) is 5.17. The highest BCUT2D eigenvalue weighted by Gasteiger charge is 2.23. The number of aryl methyl sites for hydroxylation is 1. The predicted octanol–water partition coefficient (Wildman–Crippen LogP) is 2.69. The van der Waals surface area contributed by atoms with Gasteiger partial charge in [-0.1, -0.05) is 26.2 Å². The Morgan fingerprint density at radius 3 is 2.75 bits per heavy atom. The van der Waals surface area contributed by atoms with Gasteiger partial charge in [0.25, 0.3) is 0 Å². The fraction of sp³-hybridized carbons (Fsp3) is 0.882. The van der Waals surface area contributed by atoms with Crippen molar-refractivity contribution in [3.63, 3.8) is 0 Å². The van der Waals surface area contributed by atoms with Crippen molar-refractivity contribution >= 4 is 17.7 Å². The molecule has 0 radical (unpaired) electrons. The Labute approximate surface area is 149 Å². The number of nitrogens with zero attached hydrogens (tertiary/aromatic N) is 5. The van der Waals surface area contributed by atoms with E-state index in [1.54, 1.807) is 4.68 Å². The third-order valence-corrected chi connectivity index (χ3v) is 6.08. The van der Waals surface area contributed by atoms with E-state index in [1.165, 1.54) is 32.1 Å². The van der Waals surface area contributed by atoms with Crippen LogP contribution in [-0.4, -0.2) is 55.1 Å². The third kappa shape index (κ3) is 5.76. The highest BCUT2D eigenvalue weighted by atomic mass is 32.2. The van der Waals surface area contributed by atoms with Gasteiger partial charge in [0.2, 0.25) is 5.91 Å². The van der Waals surface area contributed by atoms with Crippen molar-refractivity contribution in [2.75, 3.05) is 18.1 Å². The smallest absolute Gasteiger partial charge is 0.223 e. The average molecular weight is 354 g/mol. The Morgan fingerprint density at radius 1 is 1.38 bits per heavy atom. The van der Waals surface area contributed by atoms with Gasteiger partial charge in [-0.05, 0) is 41.9 Å². The molecule has 0 spiro atoms. The largest absolute Gasteiger partial charge is 0.340 e. The van der Waals surface area contributed by atoms with E-state index in [4.69, 9.17) is 0 Å². The minimum Gasteiger partial charge on any atom is -0.340 e. The molecule has 0 bridgehead atoms. The number of hydrogen-bond donors (Lipinski definition) is 0. The molecule has 24 heavy (non-hydrogen) atoms. The zero-order chi connectivity index (χ0) is 17.4. The zero-order valence-electron chi connectivity index (χ0n) is 15.3. The number of carbonyl (C=O) groups is 1. The quantitative estimate of drug-likeness (QED) is 0.639. The van der Waals surface area contributed by atoms with E-state index in [2.05, 4.69) is 34.3 Å². The molecule has 6 nitrogen and oxygen atoms in total. The Kier molecular flexibility index (Phi) is 8.02. The van der Waals surface area contributed by atoms with Gasteiger partial charge >= 0.3 is 0 Å². The number of rotatable bonds is 9. The van der Waals surface area contributed by atoms with Crippen LogP contribution in [0.1, 0.15) is 58.2 Å². The molecule has 1 aromatic heterocycles. The molecule has 1 amide bonds. The topological polar surface area (TPSA) is 63.9 Å². The van der Waals surface area contributed by atoms with E-state index < -0.39 is 0 Å². The van der Waals surface area contributed by atoms with E-state index in [0.717, 1.165) is 30.3 Å². The Morgan fingerprint density at radius 2 is 2.12 bits per heavy atom. The van der Waals surface area contributed by atoms with Crippen LogP contribution in [0.5, 0.6) is 0 Å². The van der Waals surface area contributed by atoms with Gasteiger partial charge in [0.1, 0.15) is 0 Å². The summed E-state index contributed by atoms with van der Waals surface area (Å²) < 4.78 is 1.73. The Balaban J connectivity index is 1.65. The molecular formula is C17H31N5OS. The van der Waals surface area contributed by atoms with Gasteiger partial charge in [0.05, 0.1) is 0 Å². The summed E-state index contributed by atoms with van der Waals surface area (Å²) in [6, 6.07) is 0.489. The molecule has 1 atom stereocenters. The normalized spacial score (nSPS) is 17.0. The monoisotopic (exact) mass is 353 g/mol. The van der Waals surface area contributed by atoms with Gasteiger partial charge < -0.3 is 4.90 Å². The van der Waals surface area contributed by atoms with Crippen LogP contribution in [-0.2, 0) is 18.3 Å². The first-order valence-electron chi connectivity index (χ1n) is 9.20. The molecule has 1 aliphatic carbocycles. The van der Waals surface area contributed by atoms with Crippen molar-refractivity contribution in [2.45, 2.75) is 64.8 Å². The lowest BCUT2D eigenvalue weighted by atomic mass is 9.94. The molecule has 7 heteroatoms. The zero-order valence-corrected chi connectivity index (χ0v) is 16.1. The minimum absolute atomic E-state index is 0.335. The van der Waals surface area contributed by atoms with Crippen molar-refractivity contribution in [2.24, 2.45) is 13.0 Å². The number of hydrogen-bond acceptors (Lipinski definition) is 5. The SMILES string of the molecule is CCN(C(=O)CCSCC(C)Cc1nnnn1C)C1CCCCC1. The van der Waals surface area contributed by atoms with Crippen LogP contribution in [0, 0.1) is 5.92 Å². The van der Waals surface area contributed by atoms with Crippen molar-refractivity contribution in [1.29, 1.82) is 0 Å². The maximum Gasteiger partial charge on any atom is 0.223 e. The molecule has 2 rings (SSSR count). The minimum atomic E-state index is 0.335. The summed E-state index contributed by atoms with van der Waals surface area (Å²) in [5.41, 5.74) is 0. The van der Waals surface area contributed by atoms with Gasteiger partial charge in [-0.25, -0.2) is 4.68 Å². The van der Waals surface area contributed by atoms with Crippen LogP contribution < -0.4 is 0 Å². The molecule has 1 saturated carbocycles. The lowest BCUT2D eigenvalue weighted by molar-refractivity contribution is -0.133. The van der Waals surface area contributed by atoms with E-state index in [-0.39, 0.29) is 0 Å². The second-order valence-corrected chi connectivity index (χ2v) is 7.97. The van der Waals surface area contributed by atoms with Crippen LogP contribution in [0.3, 0.4) is 0 Å². The van der Waals surface area contributed by atoms with Crippen molar-refractivity contribution in [3.05, 3.63) is 5.82 Å². The fourth-order valence-corrected chi connectivity index (χ4v) is 4.42. The van der Waals surface area contributed by atoms with E-state index in [1.807, 2.05) is 18.8 Å². The summed E-state index contributed by atoms with van der Waals surface area (Å²) in [7, 11) is 1.87. The van der Waals surface area contributed by atoms with E-state index in [0.29, 0.717) is 24.3 Å². The predicted molar refractivity (Wildman–Crippen MR) is 97.9 cm³/mol. The summed E-state index contributed by atoms with van der Waals surface area (Å²) in [4.78, 5) is 14.6. The Bertz CT molecular complexity index is 501. The third-order valence-electron chi connectivity index (χ3n) is 4.78. The molecular weight excluding hydrogens is 322 g/mol. The van der Waals surface area contributed by atoms with Crippen LogP contribution in [0.25, 0.3) is 0 Å². The maximum absolute atomic E-state index is 12.5. The molecule has 0 saturated heterocycles. The highest BCUT2D eigenvalue weighted by molar-refractivity contribution is 7.99. The second kappa shape index (κ2) is 10.0. The van der Waals surface area contributed by atoms with E-state index in [9.17, 15) is 4.79 Å². The number of carbonyl (C=O) groups excluding carboxylic acids is 1.